The van der Waals surface area contributed by atoms with Gasteiger partial charge >= 0.3 is 0 Å². The van der Waals surface area contributed by atoms with Crippen LogP contribution in [0, 0.1) is 10.3 Å². The van der Waals surface area contributed by atoms with Gasteiger partial charge in [0.2, 0.25) is 0 Å². The van der Waals surface area contributed by atoms with Crippen molar-refractivity contribution in [1.29, 1.82) is 0 Å². The van der Waals surface area contributed by atoms with Crippen LogP contribution in [0.25, 0.3) is 0 Å². The van der Waals surface area contributed by atoms with E-state index in [9.17, 15) is 4.91 Å². The summed E-state index contributed by atoms with van der Waals surface area (Å²) in [6.07, 6.45) is 0.624. The molecule has 4 heteroatoms. The third kappa shape index (κ3) is 1.33. The summed E-state index contributed by atoms with van der Waals surface area (Å²) in [4.78, 5) is 9.90. The van der Waals surface area contributed by atoms with Crippen molar-refractivity contribution in [3.63, 3.8) is 0 Å². The van der Waals surface area contributed by atoms with E-state index in [1.807, 2.05) is 0 Å². The third-order valence-corrected chi connectivity index (χ3v) is 1.86. The second kappa shape index (κ2) is 3.07. The van der Waals surface area contributed by atoms with Gasteiger partial charge in [0.15, 0.2) is 0 Å². The molecule has 0 aliphatic carbocycles. The fraction of sp³-hybridized carbons (Fsp3) is 1.00. The summed E-state index contributed by atoms with van der Waals surface area (Å²) < 4.78 is 4.93. The van der Waals surface area contributed by atoms with E-state index >= 15 is 0 Å². The Hall–Kier alpha value is -0.480. The van der Waals surface area contributed by atoms with E-state index < -0.39 is 0 Å². The van der Waals surface area contributed by atoms with E-state index in [-0.39, 0.29) is 18.6 Å². The predicted octanol–water partition coefficient (Wildman–Crippen LogP) is 0.152. The molecule has 0 unspecified atom stereocenters. The lowest BCUT2D eigenvalue weighted by atomic mass is 9.83. The van der Waals surface area contributed by atoms with Crippen molar-refractivity contribution in [3.05, 3.63) is 4.91 Å². The summed E-state index contributed by atoms with van der Waals surface area (Å²) in [6, 6.07) is 0. The van der Waals surface area contributed by atoms with Crippen LogP contribution >= 0.6 is 0 Å². The number of nitrogens with zero attached hydrogens (tertiary/aromatic N) is 1. The molecule has 1 N–H and O–H groups in total. The summed E-state index contributed by atoms with van der Waals surface area (Å²) in [5.74, 6) is 0. The van der Waals surface area contributed by atoms with E-state index in [2.05, 4.69) is 5.18 Å². The zero-order valence-electron chi connectivity index (χ0n) is 5.75. The first kappa shape index (κ1) is 7.63. The highest BCUT2D eigenvalue weighted by atomic mass is 16.5. The van der Waals surface area contributed by atoms with Gasteiger partial charge in [-0.2, -0.15) is 4.91 Å². The molecule has 0 radical (unpaired) electrons. The highest BCUT2D eigenvalue weighted by Crippen LogP contribution is 2.31. The molecular formula is C6H11NO3. The van der Waals surface area contributed by atoms with Gasteiger partial charge in [-0.25, -0.2) is 0 Å². The largest absolute Gasteiger partial charge is 0.396 e. The second-order valence-corrected chi connectivity index (χ2v) is 2.75. The van der Waals surface area contributed by atoms with E-state index in [4.69, 9.17) is 9.84 Å². The second-order valence-electron chi connectivity index (χ2n) is 2.75. The van der Waals surface area contributed by atoms with Gasteiger partial charge in [0, 0.05) is 12.0 Å². The Morgan fingerprint density at radius 2 is 2.30 bits per heavy atom. The molecule has 0 aromatic rings. The fourth-order valence-electron chi connectivity index (χ4n) is 1.08. The van der Waals surface area contributed by atoms with Gasteiger partial charge in [-0.3, -0.25) is 0 Å². The van der Waals surface area contributed by atoms with Crippen molar-refractivity contribution >= 4 is 0 Å². The Bertz CT molecular complexity index is 122. The van der Waals surface area contributed by atoms with Crippen LogP contribution in [0.5, 0.6) is 0 Å². The summed E-state index contributed by atoms with van der Waals surface area (Å²) in [5, 5.41) is 11.4. The monoisotopic (exact) mass is 145 g/mol. The molecule has 1 heterocycles. The average Bonchev–Trinajstić information content (AvgIpc) is 1.84. The predicted molar refractivity (Wildman–Crippen MR) is 35.6 cm³/mol. The Balaban J connectivity index is 2.34. The zero-order valence-corrected chi connectivity index (χ0v) is 5.75. The van der Waals surface area contributed by atoms with Crippen molar-refractivity contribution in [3.8, 4) is 0 Å². The molecule has 0 bridgehead atoms. The van der Waals surface area contributed by atoms with Crippen LogP contribution in [0.3, 0.4) is 0 Å². The van der Waals surface area contributed by atoms with Gasteiger partial charge in [0.05, 0.1) is 19.8 Å². The van der Waals surface area contributed by atoms with E-state index in [0.717, 1.165) is 0 Å². The van der Waals surface area contributed by atoms with Crippen molar-refractivity contribution in [1.82, 2.24) is 0 Å². The topological polar surface area (TPSA) is 58.9 Å². The van der Waals surface area contributed by atoms with Crippen molar-refractivity contribution in [2.24, 2.45) is 10.6 Å². The Morgan fingerprint density at radius 1 is 1.60 bits per heavy atom. The molecule has 58 valence electrons. The molecule has 1 rings (SSSR count). The molecular weight excluding hydrogens is 134 g/mol. The number of nitroso groups, excluding NO2 is 1. The molecule has 0 amide bonds. The molecule has 0 aromatic heterocycles. The smallest absolute Gasteiger partial charge is 0.0912 e. The van der Waals surface area contributed by atoms with Gasteiger partial charge < -0.3 is 9.84 Å². The molecule has 0 aromatic carbocycles. The van der Waals surface area contributed by atoms with Crippen molar-refractivity contribution in [2.75, 3.05) is 26.4 Å². The van der Waals surface area contributed by atoms with Crippen LogP contribution in [0.1, 0.15) is 6.42 Å². The maximum Gasteiger partial charge on any atom is 0.0912 e. The quantitative estimate of drug-likeness (QED) is 0.573. The normalized spacial score (nSPS) is 21.7. The maximum absolute atomic E-state index is 9.90. The van der Waals surface area contributed by atoms with Crippen molar-refractivity contribution in [2.45, 2.75) is 6.42 Å². The van der Waals surface area contributed by atoms with Crippen LogP contribution in [-0.2, 0) is 4.74 Å². The highest BCUT2D eigenvalue weighted by molar-refractivity contribution is 4.87. The molecule has 0 spiro atoms. The average molecular weight is 145 g/mol. The Kier molecular flexibility index (Phi) is 2.34. The molecule has 0 saturated carbocycles. The molecule has 10 heavy (non-hydrogen) atoms. The van der Waals surface area contributed by atoms with Crippen LogP contribution in [0.4, 0.5) is 0 Å². The minimum absolute atomic E-state index is 0.110. The Labute approximate surface area is 59.2 Å². The lowest BCUT2D eigenvalue weighted by Gasteiger charge is -2.38. The number of hydrogen-bond acceptors (Lipinski definition) is 4. The van der Waals surface area contributed by atoms with Gasteiger partial charge in [0.1, 0.15) is 0 Å². The first-order valence-corrected chi connectivity index (χ1v) is 3.31. The number of aliphatic hydroxyl groups is 1. The molecule has 1 fully saturated rings. The van der Waals surface area contributed by atoms with Gasteiger partial charge in [-0.05, 0) is 6.42 Å². The van der Waals surface area contributed by atoms with E-state index in [1.54, 1.807) is 0 Å². The summed E-state index contributed by atoms with van der Waals surface area (Å²) in [6.45, 7) is 1.52. The van der Waals surface area contributed by atoms with E-state index in [0.29, 0.717) is 19.6 Å². The summed E-state index contributed by atoms with van der Waals surface area (Å²) in [5.41, 5.74) is -0.128. The first-order chi connectivity index (χ1) is 4.83. The molecule has 0 atom stereocenters. The third-order valence-electron chi connectivity index (χ3n) is 1.86. The van der Waals surface area contributed by atoms with Gasteiger partial charge in [-0.1, -0.05) is 5.18 Å². The maximum atomic E-state index is 9.90. The minimum Gasteiger partial charge on any atom is -0.396 e. The summed E-state index contributed by atoms with van der Waals surface area (Å²) >= 11 is 0. The van der Waals surface area contributed by atoms with Crippen LogP contribution in [-0.4, -0.2) is 31.5 Å². The standard InChI is InChI=1S/C6H11NO3/c8-2-1-6(3-7-9)4-10-5-6/h8H,1-5H2. The van der Waals surface area contributed by atoms with Crippen molar-refractivity contribution < 1.29 is 9.84 Å². The van der Waals surface area contributed by atoms with E-state index in [1.165, 1.54) is 0 Å². The van der Waals surface area contributed by atoms with Gasteiger partial charge in [-0.15, -0.1) is 0 Å². The Morgan fingerprint density at radius 3 is 2.60 bits per heavy atom. The number of aliphatic hydroxyl groups excluding tert-OH is 1. The minimum atomic E-state index is -0.128. The highest BCUT2D eigenvalue weighted by Gasteiger charge is 2.38. The number of hydrogen-bond donors (Lipinski definition) is 1. The van der Waals surface area contributed by atoms with Crippen LogP contribution in [0.2, 0.25) is 0 Å². The van der Waals surface area contributed by atoms with Crippen LogP contribution in [0.15, 0.2) is 5.18 Å². The lowest BCUT2D eigenvalue weighted by Crippen LogP contribution is -2.45. The SMILES string of the molecule is O=NCC1(CCO)COC1. The number of ether oxygens (including phenoxy) is 1. The zero-order chi connectivity index (χ0) is 7.45. The lowest BCUT2D eigenvalue weighted by molar-refractivity contribution is -0.116. The number of rotatable bonds is 4. The molecule has 1 aliphatic rings. The summed E-state index contributed by atoms with van der Waals surface area (Å²) in [7, 11) is 0. The molecule has 4 nitrogen and oxygen atoms in total. The van der Waals surface area contributed by atoms with Gasteiger partial charge in [0.25, 0.3) is 0 Å². The molecule has 1 aliphatic heterocycles. The first-order valence-electron chi connectivity index (χ1n) is 3.31. The molecule has 1 saturated heterocycles. The fourth-order valence-corrected chi connectivity index (χ4v) is 1.08. The van der Waals surface area contributed by atoms with Crippen LogP contribution < -0.4 is 0 Å².